The summed E-state index contributed by atoms with van der Waals surface area (Å²) in [7, 11) is -11.5. The van der Waals surface area contributed by atoms with Gasteiger partial charge in [-0.05, 0) is 49.0 Å². The molecule has 0 heterocycles. The number of methoxy groups -OCH3 is 2. The molecule has 0 spiro atoms. The molecule has 4 N–H and O–H groups in total. The summed E-state index contributed by atoms with van der Waals surface area (Å²) in [6.45, 7) is 12.3. The lowest BCUT2D eigenvalue weighted by Crippen LogP contribution is -2.74. The first-order chi connectivity index (χ1) is 29.1. The van der Waals surface area contributed by atoms with Crippen molar-refractivity contribution in [3.05, 3.63) is 168 Å². The third-order valence-electron chi connectivity index (χ3n) is 10.8. The Morgan fingerprint density at radius 1 is 0.516 bits per heavy atom. The van der Waals surface area contributed by atoms with Crippen LogP contribution >= 0.6 is 0 Å². The minimum Gasteiger partial charge on any atom is -0.495 e. The summed E-state index contributed by atoms with van der Waals surface area (Å²) in [6.07, 6.45) is 0. The van der Waals surface area contributed by atoms with Gasteiger partial charge in [0.2, 0.25) is 36.5 Å². The van der Waals surface area contributed by atoms with E-state index in [9.17, 15) is 26.9 Å². The standard InChI is InChI=1S/C23H26N2O5SSi.C23H28N2O3SSi/c1-23(2,3)32(19-11-7-5-8-12-19,20-13-9-6-10-14-20)24-31(28,29)22-16-15-18(25(26)27)17-21(22)30-4;1-23(2,3)30(19-11-7-5-8-12-19,20-13-9-6-10-14-20)25-29(26,27)22-16-15-18(24)17-21(22)28-4/h5-17,24H,1-4H3;5-17,25H,24H2,1-4H3. The third kappa shape index (κ3) is 9.70. The van der Waals surface area contributed by atoms with Crippen LogP contribution in [0.25, 0.3) is 0 Å². The van der Waals surface area contributed by atoms with Crippen molar-refractivity contribution in [1.82, 2.24) is 8.78 Å². The van der Waals surface area contributed by atoms with Crippen molar-refractivity contribution in [3.8, 4) is 11.5 Å². The first kappa shape index (κ1) is 47.4. The lowest BCUT2D eigenvalue weighted by molar-refractivity contribution is -0.385. The number of nitrogens with one attached hydrogen (secondary N) is 2. The van der Waals surface area contributed by atoms with Gasteiger partial charge in [-0.25, -0.2) is 25.6 Å². The number of benzene rings is 6. The Morgan fingerprint density at radius 3 is 1.11 bits per heavy atom. The van der Waals surface area contributed by atoms with E-state index in [1.54, 1.807) is 6.07 Å². The summed E-state index contributed by atoms with van der Waals surface area (Å²) in [5.74, 6) is 0.144. The van der Waals surface area contributed by atoms with Gasteiger partial charge in [-0.3, -0.25) is 10.1 Å². The summed E-state index contributed by atoms with van der Waals surface area (Å²) >= 11 is 0. The van der Waals surface area contributed by atoms with Crippen molar-refractivity contribution < 1.29 is 31.2 Å². The maximum Gasteiger partial charge on any atom is 0.273 e. The second-order valence-electron chi connectivity index (χ2n) is 16.7. The van der Waals surface area contributed by atoms with Crippen LogP contribution in [-0.4, -0.2) is 52.4 Å². The van der Waals surface area contributed by atoms with Crippen LogP contribution in [0.4, 0.5) is 11.4 Å². The van der Waals surface area contributed by atoms with E-state index >= 15 is 0 Å². The summed E-state index contributed by atoms with van der Waals surface area (Å²) in [4.78, 5) is 10.5. The largest absolute Gasteiger partial charge is 0.495 e. The van der Waals surface area contributed by atoms with E-state index in [1.165, 1.54) is 38.5 Å². The number of nitrogens with zero attached hydrogens (tertiary/aromatic N) is 1. The molecule has 0 aliphatic carbocycles. The fraction of sp³-hybridized carbons (Fsp3) is 0.217. The highest BCUT2D eigenvalue weighted by Crippen LogP contribution is 2.38. The molecular formula is C46H54N4O8S2Si2. The van der Waals surface area contributed by atoms with E-state index in [0.29, 0.717) is 5.69 Å². The number of hydrogen-bond donors (Lipinski definition) is 3. The van der Waals surface area contributed by atoms with Crippen LogP contribution in [0, 0.1) is 10.1 Å². The van der Waals surface area contributed by atoms with Crippen LogP contribution in [0.3, 0.4) is 0 Å². The zero-order chi connectivity index (χ0) is 45.6. The maximum absolute atomic E-state index is 13.8. The van der Waals surface area contributed by atoms with E-state index < -0.39 is 46.5 Å². The molecule has 0 saturated heterocycles. The number of nitrogens with two attached hydrogens (primary N) is 1. The number of anilines is 1. The van der Waals surface area contributed by atoms with Crippen LogP contribution in [0.1, 0.15) is 41.5 Å². The van der Waals surface area contributed by atoms with Gasteiger partial charge in [-0.1, -0.05) is 163 Å². The molecule has 0 amide bonds. The molecule has 0 saturated carbocycles. The molecule has 62 heavy (non-hydrogen) atoms. The van der Waals surface area contributed by atoms with E-state index in [2.05, 4.69) is 29.5 Å². The smallest absolute Gasteiger partial charge is 0.273 e. The molecule has 0 aliphatic rings. The molecule has 326 valence electrons. The van der Waals surface area contributed by atoms with Gasteiger partial charge < -0.3 is 15.2 Å². The van der Waals surface area contributed by atoms with Gasteiger partial charge in [0.1, 0.15) is 21.3 Å². The average molecular weight is 911 g/mol. The summed E-state index contributed by atoms with van der Waals surface area (Å²) in [6, 6.07) is 47.0. The zero-order valence-corrected chi connectivity index (χ0v) is 39.8. The second kappa shape index (κ2) is 18.8. The molecule has 0 unspecified atom stereocenters. The molecule has 0 bridgehead atoms. The number of nitro benzene ring substituents is 1. The number of nitro groups is 1. The predicted molar refractivity (Wildman–Crippen MR) is 253 cm³/mol. The number of hydrogen-bond acceptors (Lipinski definition) is 9. The molecule has 12 nitrogen and oxygen atoms in total. The fourth-order valence-electron chi connectivity index (χ4n) is 7.77. The maximum atomic E-state index is 13.8. The summed E-state index contributed by atoms with van der Waals surface area (Å²) in [5.41, 5.74) is 6.04. The highest BCUT2D eigenvalue weighted by atomic mass is 32.2. The van der Waals surface area contributed by atoms with Gasteiger partial charge in [0.05, 0.1) is 25.2 Å². The lowest BCUT2D eigenvalue weighted by Gasteiger charge is -2.43. The molecule has 16 heteroatoms. The molecule has 0 aliphatic heterocycles. The zero-order valence-electron chi connectivity index (χ0n) is 36.1. The number of nitrogen functional groups attached to an aromatic ring is 1. The predicted octanol–water partition coefficient (Wildman–Crippen LogP) is 6.56. The van der Waals surface area contributed by atoms with Gasteiger partial charge in [0.25, 0.3) is 5.69 Å². The second-order valence-corrected chi connectivity index (χ2v) is 29.5. The highest BCUT2D eigenvalue weighted by molar-refractivity contribution is 7.91. The quantitative estimate of drug-likeness (QED) is 0.0501. The lowest BCUT2D eigenvalue weighted by atomic mass is 10.2. The number of non-ortho nitro benzene ring substituents is 1. The minimum atomic E-state index is -4.12. The van der Waals surface area contributed by atoms with Gasteiger partial charge in [0.15, 0.2) is 0 Å². The van der Waals surface area contributed by atoms with Crippen molar-refractivity contribution in [2.75, 3.05) is 20.0 Å². The number of ether oxygens (including phenoxy) is 2. The average Bonchev–Trinajstić information content (AvgIpc) is 3.25. The van der Waals surface area contributed by atoms with E-state index in [4.69, 9.17) is 15.2 Å². The molecule has 0 atom stereocenters. The highest BCUT2D eigenvalue weighted by Gasteiger charge is 2.53. The van der Waals surface area contributed by atoms with Gasteiger partial charge in [-0.2, -0.15) is 0 Å². The van der Waals surface area contributed by atoms with Crippen LogP contribution in [0.15, 0.2) is 168 Å². The van der Waals surface area contributed by atoms with Gasteiger partial charge >= 0.3 is 0 Å². The normalized spacial score (nSPS) is 12.5. The SMILES string of the molecule is COc1cc(N)ccc1S(=O)(=O)N[Si](c1ccccc1)(c1ccccc1)C(C)(C)C.COc1cc([N+](=O)[O-])ccc1S(=O)(=O)N[Si](c1ccccc1)(c1ccccc1)C(C)(C)C. The van der Waals surface area contributed by atoms with Crippen molar-refractivity contribution >= 4 is 68.6 Å². The molecule has 6 rings (SSSR count). The van der Waals surface area contributed by atoms with Crippen molar-refractivity contribution in [1.29, 1.82) is 0 Å². The Kier molecular flexibility index (Phi) is 14.4. The number of rotatable bonds is 13. The van der Waals surface area contributed by atoms with Crippen molar-refractivity contribution in [3.63, 3.8) is 0 Å². The summed E-state index contributed by atoms with van der Waals surface area (Å²) < 4.78 is 71.8. The molecular weight excluding hydrogens is 857 g/mol. The summed E-state index contributed by atoms with van der Waals surface area (Å²) in [5, 5.41) is 14.1. The molecule has 6 aromatic carbocycles. The Hall–Kier alpha value is -5.63. The van der Waals surface area contributed by atoms with Crippen LogP contribution in [-0.2, 0) is 20.0 Å². The topological polar surface area (TPSA) is 180 Å². The Labute approximate surface area is 367 Å². The Morgan fingerprint density at radius 2 is 0.823 bits per heavy atom. The molecule has 0 radical (unpaired) electrons. The van der Waals surface area contributed by atoms with E-state index in [1.807, 2.05) is 142 Å². The van der Waals surface area contributed by atoms with Crippen molar-refractivity contribution in [2.24, 2.45) is 0 Å². The Balaban J connectivity index is 0.000000235. The first-order valence-corrected chi connectivity index (χ1v) is 26.7. The van der Waals surface area contributed by atoms with Gasteiger partial charge in [0, 0.05) is 17.8 Å². The van der Waals surface area contributed by atoms with Crippen LogP contribution < -0.4 is 44.7 Å². The number of sulfonamides is 2. The molecule has 0 fully saturated rings. The van der Waals surface area contributed by atoms with E-state index in [0.717, 1.165) is 26.8 Å². The van der Waals surface area contributed by atoms with Crippen LogP contribution in [0.2, 0.25) is 10.1 Å². The first-order valence-electron chi connectivity index (χ1n) is 19.7. The third-order valence-corrected chi connectivity index (χ3v) is 26.5. The Bertz CT molecular complexity index is 2620. The fourth-order valence-corrected chi connectivity index (χ4v) is 24.4. The monoisotopic (exact) mass is 910 g/mol. The van der Waals surface area contributed by atoms with E-state index in [-0.39, 0.29) is 32.0 Å². The minimum absolute atomic E-state index is 0.0761. The van der Waals surface area contributed by atoms with Gasteiger partial charge in [-0.15, -0.1) is 0 Å². The molecule has 6 aromatic rings. The van der Waals surface area contributed by atoms with Crippen molar-refractivity contribution in [2.45, 2.75) is 61.4 Å². The molecule has 0 aromatic heterocycles. The van der Waals surface area contributed by atoms with Crippen LogP contribution in [0.5, 0.6) is 11.5 Å².